The van der Waals surface area contributed by atoms with E-state index in [9.17, 15) is 14.3 Å². The fourth-order valence-electron chi connectivity index (χ4n) is 5.62. The lowest BCUT2D eigenvalue weighted by Crippen LogP contribution is -2.29. The molecule has 0 saturated heterocycles. The Morgan fingerprint density at radius 3 is 1.06 bits per heavy atom. The molecule has 0 fully saturated rings. The van der Waals surface area contributed by atoms with Crippen LogP contribution in [0.1, 0.15) is 213 Å². The summed E-state index contributed by atoms with van der Waals surface area (Å²) < 4.78 is 22.3. The maximum atomic E-state index is 12.0. The van der Waals surface area contributed by atoms with Crippen molar-refractivity contribution in [2.24, 2.45) is 11.5 Å². The topological polar surface area (TPSA) is 145 Å². The minimum Gasteiger partial charge on any atom is -0.480 e. The van der Waals surface area contributed by atoms with Gasteiger partial charge in [0.15, 0.2) is 0 Å². The maximum absolute atomic E-state index is 12.0. The van der Waals surface area contributed by atoms with Crippen LogP contribution in [0.4, 0.5) is 0 Å². The number of aliphatic carboxylic acids is 1. The van der Waals surface area contributed by atoms with Crippen LogP contribution in [0.2, 0.25) is 0 Å². The number of unbranched alkanes of at least 4 members (excludes halogenated alkanes) is 27. The number of hydrogen-bond donors (Lipinski definition) is 4. The molecule has 1 unspecified atom stereocenters. The third kappa shape index (κ3) is 43.5. The molecule has 1 atom stereocenters. The van der Waals surface area contributed by atoms with Crippen LogP contribution in [-0.4, -0.2) is 41.8 Å². The highest BCUT2D eigenvalue weighted by atomic mass is 31.2. The summed E-state index contributed by atoms with van der Waals surface area (Å²) in [6.07, 6.45) is 38.5. The number of carboxylic acids is 1. The standard InChI is InChI=1S/C32H67O4P.C6H14N2O2/c1-3-5-7-9-11-13-15-17-19-21-23-25-27-29-31-35-37(33,34)36-32-30-28-26-24-22-20-18-16-14-12-10-8-6-4-2;7-4-2-1-3-5(8)6(9)10/h3-32H2,1-2H3,(H,33,34);5H,1-4,7-8H2,(H,9,10). The predicted octanol–water partition coefficient (Wildman–Crippen LogP) is 11.6. The van der Waals surface area contributed by atoms with Gasteiger partial charge in [-0.3, -0.25) is 13.8 Å². The molecule has 0 spiro atoms. The number of nitrogens with two attached hydrogens (primary N) is 2. The molecular weight excluding hydrogens is 611 g/mol. The molecule has 0 heterocycles. The number of phosphoric ester groups is 1. The monoisotopic (exact) mass is 693 g/mol. The summed E-state index contributed by atoms with van der Waals surface area (Å²) >= 11 is 0. The van der Waals surface area contributed by atoms with Crippen molar-refractivity contribution >= 4 is 13.8 Å². The summed E-state index contributed by atoms with van der Waals surface area (Å²) in [5.41, 5.74) is 10.4. The van der Waals surface area contributed by atoms with E-state index in [1.54, 1.807) is 0 Å². The van der Waals surface area contributed by atoms with Crippen LogP contribution in [0.3, 0.4) is 0 Å². The second-order valence-corrected chi connectivity index (χ2v) is 15.0. The number of hydrogen-bond acceptors (Lipinski definition) is 6. The van der Waals surface area contributed by atoms with Crippen molar-refractivity contribution in [3.63, 3.8) is 0 Å². The van der Waals surface area contributed by atoms with Crippen molar-refractivity contribution in [2.45, 2.75) is 219 Å². The van der Waals surface area contributed by atoms with Crippen LogP contribution in [-0.2, 0) is 18.4 Å². The molecule has 0 radical (unpaired) electrons. The van der Waals surface area contributed by atoms with Crippen molar-refractivity contribution < 1.29 is 28.4 Å². The third-order valence-electron chi connectivity index (χ3n) is 8.79. The zero-order chi connectivity index (χ0) is 35.1. The van der Waals surface area contributed by atoms with Gasteiger partial charge in [-0.05, 0) is 32.2 Å². The smallest absolute Gasteiger partial charge is 0.472 e. The van der Waals surface area contributed by atoms with E-state index in [1.807, 2.05) is 0 Å². The fourth-order valence-corrected chi connectivity index (χ4v) is 6.42. The lowest BCUT2D eigenvalue weighted by molar-refractivity contribution is -0.138. The molecule has 0 saturated carbocycles. The lowest BCUT2D eigenvalue weighted by Gasteiger charge is -2.12. The molecule has 8 nitrogen and oxygen atoms in total. The van der Waals surface area contributed by atoms with E-state index >= 15 is 0 Å². The third-order valence-corrected chi connectivity index (χ3v) is 9.81. The molecule has 0 aromatic rings. The van der Waals surface area contributed by atoms with Crippen LogP contribution in [0, 0.1) is 0 Å². The number of rotatable bonds is 37. The largest absolute Gasteiger partial charge is 0.480 e. The van der Waals surface area contributed by atoms with Gasteiger partial charge in [0.1, 0.15) is 6.04 Å². The lowest BCUT2D eigenvalue weighted by atomic mass is 10.0. The van der Waals surface area contributed by atoms with Gasteiger partial charge in [-0.1, -0.05) is 187 Å². The Balaban J connectivity index is 0. The maximum Gasteiger partial charge on any atom is 0.472 e. The summed E-state index contributed by atoms with van der Waals surface area (Å²) in [6, 6.07) is -0.716. The van der Waals surface area contributed by atoms with Gasteiger partial charge < -0.3 is 21.5 Å². The van der Waals surface area contributed by atoms with Crippen molar-refractivity contribution in [3.05, 3.63) is 0 Å². The van der Waals surface area contributed by atoms with Gasteiger partial charge in [-0.2, -0.15) is 0 Å². The molecule has 9 heteroatoms. The molecule has 0 aliphatic rings. The quantitative estimate of drug-likeness (QED) is 0.0372. The minimum atomic E-state index is -3.87. The molecule has 6 N–H and O–H groups in total. The predicted molar refractivity (Wildman–Crippen MR) is 201 cm³/mol. The van der Waals surface area contributed by atoms with Crippen LogP contribution >= 0.6 is 7.82 Å². The number of phosphoric acid groups is 1. The van der Waals surface area contributed by atoms with E-state index in [4.69, 9.17) is 25.6 Å². The Morgan fingerprint density at radius 2 is 0.809 bits per heavy atom. The van der Waals surface area contributed by atoms with Gasteiger partial charge in [0.2, 0.25) is 0 Å². The first-order valence-electron chi connectivity index (χ1n) is 20.1. The second kappa shape index (κ2) is 39.9. The second-order valence-electron chi connectivity index (χ2n) is 13.6. The van der Waals surface area contributed by atoms with Crippen molar-refractivity contribution in [1.29, 1.82) is 0 Å². The molecule has 0 amide bonds. The molecule has 0 bridgehead atoms. The van der Waals surface area contributed by atoms with Gasteiger partial charge in [0.05, 0.1) is 13.2 Å². The van der Waals surface area contributed by atoms with Crippen molar-refractivity contribution in [3.8, 4) is 0 Å². The number of carbonyl (C=O) groups is 1. The van der Waals surface area contributed by atoms with Crippen LogP contribution in [0.5, 0.6) is 0 Å². The molecule has 0 aliphatic carbocycles. The summed E-state index contributed by atoms with van der Waals surface area (Å²) in [5.74, 6) is -0.933. The SMILES string of the molecule is CCCCCCCCCCCCCCCCOP(=O)(O)OCCCCCCCCCCCCCCCC.NCCCCC(N)C(=O)O. The van der Waals surface area contributed by atoms with Gasteiger partial charge in [0.25, 0.3) is 0 Å². The van der Waals surface area contributed by atoms with E-state index in [0.717, 1.165) is 38.5 Å². The van der Waals surface area contributed by atoms with Crippen molar-refractivity contribution in [2.75, 3.05) is 19.8 Å². The van der Waals surface area contributed by atoms with E-state index < -0.39 is 19.8 Å². The highest BCUT2D eigenvalue weighted by Crippen LogP contribution is 2.43. The summed E-state index contributed by atoms with van der Waals surface area (Å²) in [5, 5.41) is 8.33. The minimum absolute atomic E-state index is 0.324. The Bertz CT molecular complexity index is 632. The Kier molecular flexibility index (Phi) is 41.3. The first-order valence-corrected chi connectivity index (χ1v) is 21.6. The highest BCUT2D eigenvalue weighted by molar-refractivity contribution is 7.47. The Labute approximate surface area is 291 Å². The molecule has 0 aromatic carbocycles. The molecule has 0 aliphatic heterocycles. The normalized spacial score (nSPS) is 12.2. The Hall–Kier alpha value is -0.500. The molecule has 0 aromatic heterocycles. The van der Waals surface area contributed by atoms with Gasteiger partial charge in [-0.25, -0.2) is 4.57 Å². The first kappa shape index (κ1) is 48.6. The molecular formula is C38H81N2O6P. The summed E-state index contributed by atoms with van der Waals surface area (Å²) in [7, 11) is -3.87. The Morgan fingerprint density at radius 1 is 0.532 bits per heavy atom. The zero-order valence-corrected chi connectivity index (χ0v) is 32.1. The van der Waals surface area contributed by atoms with Crippen LogP contribution in [0.15, 0.2) is 0 Å². The fraction of sp³-hybridized carbons (Fsp3) is 0.974. The first-order chi connectivity index (χ1) is 22.8. The molecule has 0 rings (SSSR count). The number of carboxylic acid groups (broad SMARTS) is 1. The van der Waals surface area contributed by atoms with Crippen LogP contribution in [0.25, 0.3) is 0 Å². The highest BCUT2D eigenvalue weighted by Gasteiger charge is 2.19. The summed E-state index contributed by atoms with van der Waals surface area (Å²) in [4.78, 5) is 20.0. The zero-order valence-electron chi connectivity index (χ0n) is 31.2. The van der Waals surface area contributed by atoms with E-state index in [0.29, 0.717) is 26.2 Å². The van der Waals surface area contributed by atoms with E-state index in [1.165, 1.54) is 154 Å². The molecule has 47 heavy (non-hydrogen) atoms. The van der Waals surface area contributed by atoms with Crippen LogP contribution < -0.4 is 11.5 Å². The van der Waals surface area contributed by atoms with E-state index in [-0.39, 0.29) is 0 Å². The average Bonchev–Trinajstić information content (AvgIpc) is 3.05. The van der Waals surface area contributed by atoms with Gasteiger partial charge >= 0.3 is 13.8 Å². The van der Waals surface area contributed by atoms with Gasteiger partial charge in [0, 0.05) is 0 Å². The van der Waals surface area contributed by atoms with E-state index in [2.05, 4.69) is 13.8 Å². The van der Waals surface area contributed by atoms with Gasteiger partial charge in [-0.15, -0.1) is 0 Å². The van der Waals surface area contributed by atoms with Crippen molar-refractivity contribution in [1.82, 2.24) is 0 Å². The summed E-state index contributed by atoms with van der Waals surface area (Å²) in [6.45, 7) is 5.80. The average molecular weight is 693 g/mol. The molecule has 284 valence electrons.